The van der Waals surface area contributed by atoms with Gasteiger partial charge >= 0.3 is 0 Å². The number of allylic oxidation sites excluding steroid dienone is 1. The van der Waals surface area contributed by atoms with Gasteiger partial charge in [-0.3, -0.25) is 0 Å². The Morgan fingerprint density at radius 1 is 1.18 bits per heavy atom. The molecule has 2 rings (SSSR count). The topological polar surface area (TPSA) is 62.5 Å². The van der Waals surface area contributed by atoms with Crippen LogP contribution in [0.4, 0.5) is 4.39 Å². The minimum absolute atomic E-state index is 0.228. The van der Waals surface area contributed by atoms with Crippen molar-refractivity contribution in [3.8, 4) is 23.3 Å². The quantitative estimate of drug-likeness (QED) is 0.692. The summed E-state index contributed by atoms with van der Waals surface area (Å²) >= 11 is 0. The predicted octanol–water partition coefficient (Wildman–Crippen LogP) is 3.61. The van der Waals surface area contributed by atoms with Gasteiger partial charge in [-0.1, -0.05) is 12.1 Å². The Bertz CT molecular complexity index is 763. The van der Waals surface area contributed by atoms with Crippen molar-refractivity contribution in [3.63, 3.8) is 0 Å². The Morgan fingerprint density at radius 3 is 2.55 bits per heavy atom. The van der Waals surface area contributed by atoms with Gasteiger partial charge in [0.2, 0.25) is 0 Å². The second-order valence-corrected chi connectivity index (χ2v) is 4.42. The summed E-state index contributed by atoms with van der Waals surface area (Å²) in [4.78, 5) is 0. The van der Waals surface area contributed by atoms with Crippen molar-refractivity contribution in [2.75, 3.05) is 14.2 Å². The van der Waals surface area contributed by atoms with Crippen molar-refractivity contribution < 1.29 is 19.0 Å². The Labute approximate surface area is 127 Å². The second kappa shape index (κ2) is 6.64. The molecule has 0 aliphatic heterocycles. The number of phenolic OH excluding ortho intramolecular Hbond substituents is 1. The zero-order valence-electron chi connectivity index (χ0n) is 12.1. The molecule has 1 N–H and O–H groups in total. The maximum Gasteiger partial charge on any atom is 0.165 e. The first kappa shape index (κ1) is 15.4. The van der Waals surface area contributed by atoms with Crippen LogP contribution in [0.2, 0.25) is 0 Å². The van der Waals surface area contributed by atoms with Crippen LogP contribution in [-0.2, 0) is 0 Å². The Morgan fingerprint density at radius 2 is 1.91 bits per heavy atom. The number of para-hydroxylation sites is 1. The number of halogens is 1. The lowest BCUT2D eigenvalue weighted by molar-refractivity contribution is 0.355. The van der Waals surface area contributed by atoms with Crippen LogP contribution < -0.4 is 9.47 Å². The molecule has 4 nitrogen and oxygen atoms in total. The molecule has 0 aliphatic carbocycles. The SMILES string of the molecule is COc1ccc(C(C#N)=Cc2cccc(F)c2O)cc1OC. The molecule has 0 saturated heterocycles. The van der Waals surface area contributed by atoms with E-state index in [1.165, 1.54) is 32.4 Å². The maximum absolute atomic E-state index is 13.4. The number of nitriles is 1. The van der Waals surface area contributed by atoms with Gasteiger partial charge in [-0.25, -0.2) is 4.39 Å². The molecule has 0 amide bonds. The summed E-state index contributed by atoms with van der Waals surface area (Å²) in [5.41, 5.74) is 1.07. The van der Waals surface area contributed by atoms with Gasteiger partial charge < -0.3 is 14.6 Å². The lowest BCUT2D eigenvalue weighted by Gasteiger charge is -2.09. The largest absolute Gasteiger partial charge is 0.504 e. The minimum atomic E-state index is -0.738. The molecule has 0 radical (unpaired) electrons. The summed E-state index contributed by atoms with van der Waals surface area (Å²) in [5.74, 6) is -0.212. The normalized spacial score (nSPS) is 10.9. The van der Waals surface area contributed by atoms with Crippen molar-refractivity contribution in [2.45, 2.75) is 0 Å². The van der Waals surface area contributed by atoms with Gasteiger partial charge in [0.05, 0.1) is 25.9 Å². The molecule has 5 heteroatoms. The maximum atomic E-state index is 13.4. The Hall–Kier alpha value is -3.00. The third kappa shape index (κ3) is 3.01. The number of methoxy groups -OCH3 is 2. The molecule has 2 aromatic carbocycles. The lowest BCUT2D eigenvalue weighted by Crippen LogP contribution is -1.92. The van der Waals surface area contributed by atoms with Gasteiger partial charge in [0.25, 0.3) is 0 Å². The van der Waals surface area contributed by atoms with Gasteiger partial charge in [-0.2, -0.15) is 5.26 Å². The van der Waals surface area contributed by atoms with Gasteiger partial charge in [-0.15, -0.1) is 0 Å². The average Bonchev–Trinajstić information content (AvgIpc) is 2.55. The fourth-order valence-electron chi connectivity index (χ4n) is 1.99. The molecule has 0 saturated carbocycles. The first-order chi connectivity index (χ1) is 10.6. The highest BCUT2D eigenvalue weighted by Gasteiger charge is 2.10. The fourth-order valence-corrected chi connectivity index (χ4v) is 1.99. The Kier molecular flexibility index (Phi) is 4.64. The summed E-state index contributed by atoms with van der Waals surface area (Å²) in [6, 6.07) is 11.2. The third-order valence-electron chi connectivity index (χ3n) is 3.13. The molecule has 0 atom stereocenters. The fraction of sp³-hybridized carbons (Fsp3) is 0.118. The summed E-state index contributed by atoms with van der Waals surface area (Å²) in [5, 5.41) is 19.0. The van der Waals surface area contributed by atoms with Gasteiger partial charge in [0.1, 0.15) is 0 Å². The molecule has 0 spiro atoms. The highest BCUT2D eigenvalue weighted by atomic mass is 19.1. The lowest BCUT2D eigenvalue weighted by atomic mass is 10.0. The molecular weight excluding hydrogens is 285 g/mol. The van der Waals surface area contributed by atoms with E-state index in [1.54, 1.807) is 18.2 Å². The van der Waals surface area contributed by atoms with E-state index in [0.29, 0.717) is 17.1 Å². The number of ether oxygens (including phenoxy) is 2. The summed E-state index contributed by atoms with van der Waals surface area (Å²) in [6.07, 6.45) is 1.42. The number of hydrogen-bond acceptors (Lipinski definition) is 4. The third-order valence-corrected chi connectivity index (χ3v) is 3.13. The number of rotatable bonds is 4. The number of hydrogen-bond donors (Lipinski definition) is 1. The highest BCUT2D eigenvalue weighted by Crippen LogP contribution is 2.32. The molecule has 0 heterocycles. The van der Waals surface area contributed by atoms with Crippen molar-refractivity contribution >= 4 is 11.6 Å². The van der Waals surface area contributed by atoms with Crippen LogP contribution in [-0.4, -0.2) is 19.3 Å². The molecule has 112 valence electrons. The molecule has 0 aliphatic rings. The number of aromatic hydroxyl groups is 1. The number of nitrogens with zero attached hydrogens (tertiary/aromatic N) is 1. The van der Waals surface area contributed by atoms with Crippen LogP contribution in [0.25, 0.3) is 11.6 Å². The van der Waals surface area contributed by atoms with Crippen LogP contribution in [0.5, 0.6) is 17.2 Å². The molecule has 0 bridgehead atoms. The van der Waals surface area contributed by atoms with Crippen LogP contribution in [0.15, 0.2) is 36.4 Å². The molecule has 0 aromatic heterocycles. The first-order valence-electron chi connectivity index (χ1n) is 6.42. The summed E-state index contributed by atoms with van der Waals surface area (Å²) < 4.78 is 23.7. The molecule has 22 heavy (non-hydrogen) atoms. The van der Waals surface area contributed by atoms with Gasteiger partial charge in [0.15, 0.2) is 23.1 Å². The van der Waals surface area contributed by atoms with E-state index < -0.39 is 11.6 Å². The smallest absolute Gasteiger partial charge is 0.165 e. The number of phenols is 1. The zero-order valence-corrected chi connectivity index (χ0v) is 12.1. The van der Waals surface area contributed by atoms with Crippen molar-refractivity contribution in [3.05, 3.63) is 53.3 Å². The van der Waals surface area contributed by atoms with Crippen molar-refractivity contribution in [1.82, 2.24) is 0 Å². The van der Waals surface area contributed by atoms with E-state index in [1.807, 2.05) is 6.07 Å². The van der Waals surface area contributed by atoms with E-state index in [2.05, 4.69) is 0 Å². The Balaban J connectivity index is 2.51. The molecular formula is C17H14FNO3. The monoisotopic (exact) mass is 299 g/mol. The summed E-state index contributed by atoms with van der Waals surface area (Å²) in [6.45, 7) is 0. The van der Waals surface area contributed by atoms with E-state index in [-0.39, 0.29) is 11.1 Å². The zero-order chi connectivity index (χ0) is 16.1. The van der Waals surface area contributed by atoms with Crippen LogP contribution in [0.3, 0.4) is 0 Å². The second-order valence-electron chi connectivity index (χ2n) is 4.42. The van der Waals surface area contributed by atoms with Crippen molar-refractivity contribution in [1.29, 1.82) is 5.26 Å². The summed E-state index contributed by atoms with van der Waals surface area (Å²) in [7, 11) is 3.01. The van der Waals surface area contributed by atoms with E-state index in [4.69, 9.17) is 9.47 Å². The highest BCUT2D eigenvalue weighted by molar-refractivity contribution is 5.91. The molecule has 0 fully saturated rings. The van der Waals surface area contributed by atoms with E-state index in [9.17, 15) is 14.8 Å². The van der Waals surface area contributed by atoms with Crippen LogP contribution in [0.1, 0.15) is 11.1 Å². The molecule has 0 unspecified atom stereocenters. The van der Waals surface area contributed by atoms with Gasteiger partial charge in [-0.05, 0) is 35.9 Å². The van der Waals surface area contributed by atoms with Gasteiger partial charge in [0, 0.05) is 5.56 Å². The van der Waals surface area contributed by atoms with E-state index >= 15 is 0 Å². The standard InChI is InChI=1S/C17H14FNO3/c1-21-15-7-6-11(9-16(15)22-2)13(10-19)8-12-4-3-5-14(18)17(12)20/h3-9,20H,1-2H3. The predicted molar refractivity (Wildman–Crippen MR) is 81.1 cm³/mol. The first-order valence-corrected chi connectivity index (χ1v) is 6.42. The van der Waals surface area contributed by atoms with Crippen molar-refractivity contribution in [2.24, 2.45) is 0 Å². The van der Waals surface area contributed by atoms with E-state index in [0.717, 1.165) is 6.07 Å². The average molecular weight is 299 g/mol. The molecule has 2 aromatic rings. The number of benzene rings is 2. The van der Waals surface area contributed by atoms with Crippen LogP contribution in [0, 0.1) is 17.1 Å². The van der Waals surface area contributed by atoms with Crippen LogP contribution >= 0.6 is 0 Å². The minimum Gasteiger partial charge on any atom is -0.504 e.